The van der Waals surface area contributed by atoms with E-state index in [-0.39, 0.29) is 30.6 Å². The Bertz CT molecular complexity index is 935. The molecule has 0 saturated carbocycles. The number of nitrogens with zero attached hydrogens (tertiary/aromatic N) is 2. The number of halogens is 1. The second-order valence-electron chi connectivity index (χ2n) is 6.59. The maximum atomic E-state index is 13.2. The number of ether oxygens (including phenoxy) is 1. The average molecular weight is 385 g/mol. The summed E-state index contributed by atoms with van der Waals surface area (Å²) in [6.07, 6.45) is 5.80. The summed E-state index contributed by atoms with van der Waals surface area (Å²) in [4.78, 5) is 29.7. The van der Waals surface area contributed by atoms with Gasteiger partial charge in [0.1, 0.15) is 23.9 Å². The molecule has 0 fully saturated rings. The topological polar surface area (TPSA) is 73.2 Å². The first-order valence-electron chi connectivity index (χ1n) is 9.51. The van der Waals surface area contributed by atoms with Crippen LogP contribution in [0.25, 0.3) is 6.08 Å². The lowest BCUT2D eigenvalue weighted by Crippen LogP contribution is -2.34. The van der Waals surface area contributed by atoms with E-state index in [4.69, 9.17) is 4.74 Å². The Morgan fingerprint density at radius 3 is 2.79 bits per heavy atom. The normalized spacial score (nSPS) is 15.9. The van der Waals surface area contributed by atoms with E-state index >= 15 is 0 Å². The number of nitrogens with one attached hydrogen (secondary N) is 1. The number of allylic oxidation sites excluding steroid dienone is 1. The van der Waals surface area contributed by atoms with Crippen molar-refractivity contribution in [1.82, 2.24) is 9.55 Å². The van der Waals surface area contributed by atoms with Crippen molar-refractivity contribution in [2.24, 2.45) is 0 Å². The second-order valence-corrected chi connectivity index (χ2v) is 6.59. The number of benzene rings is 1. The Labute approximate surface area is 163 Å². The van der Waals surface area contributed by atoms with Crippen molar-refractivity contribution < 1.29 is 13.9 Å². The first-order chi connectivity index (χ1) is 13.5. The lowest BCUT2D eigenvalue weighted by molar-refractivity contribution is -0.143. The quantitative estimate of drug-likeness (QED) is 0.771. The molecule has 1 aromatic carbocycles. The highest BCUT2D eigenvalue weighted by Gasteiger charge is 2.25. The average Bonchev–Trinajstić information content (AvgIpc) is 2.69. The van der Waals surface area contributed by atoms with Gasteiger partial charge in [0.25, 0.3) is 5.56 Å². The molecule has 0 radical (unpaired) electrons. The summed E-state index contributed by atoms with van der Waals surface area (Å²) < 4.78 is 19.5. The van der Waals surface area contributed by atoms with Crippen LogP contribution in [0.2, 0.25) is 0 Å². The van der Waals surface area contributed by atoms with E-state index in [1.54, 1.807) is 25.1 Å². The largest absolute Gasteiger partial charge is 0.465 e. The Morgan fingerprint density at radius 1 is 1.36 bits per heavy atom. The molecule has 1 aliphatic rings. The van der Waals surface area contributed by atoms with Crippen molar-refractivity contribution in [3.63, 3.8) is 0 Å². The number of hydrogen-bond acceptors (Lipinski definition) is 5. The van der Waals surface area contributed by atoms with Crippen molar-refractivity contribution in [3.8, 4) is 0 Å². The molecule has 2 aromatic rings. The highest BCUT2D eigenvalue weighted by Crippen LogP contribution is 2.30. The molecule has 0 unspecified atom stereocenters. The van der Waals surface area contributed by atoms with Crippen molar-refractivity contribution in [1.29, 1.82) is 0 Å². The van der Waals surface area contributed by atoms with Crippen molar-refractivity contribution in [2.75, 3.05) is 11.9 Å². The third-order valence-electron chi connectivity index (χ3n) is 4.63. The molecule has 1 atom stereocenters. The van der Waals surface area contributed by atoms with E-state index in [2.05, 4.69) is 10.3 Å². The molecule has 0 bridgehead atoms. The van der Waals surface area contributed by atoms with Crippen molar-refractivity contribution >= 4 is 17.7 Å². The van der Waals surface area contributed by atoms with Gasteiger partial charge < -0.3 is 10.1 Å². The number of anilines is 1. The number of carbonyl (C=O) groups is 1. The minimum absolute atomic E-state index is 0.115. The van der Waals surface area contributed by atoms with E-state index in [1.165, 1.54) is 16.7 Å². The zero-order valence-corrected chi connectivity index (χ0v) is 16.1. The fourth-order valence-electron chi connectivity index (χ4n) is 3.25. The Hall–Kier alpha value is -2.96. The first-order valence-corrected chi connectivity index (χ1v) is 9.51. The molecule has 3 rings (SSSR count). The van der Waals surface area contributed by atoms with Gasteiger partial charge in [-0.2, -0.15) is 0 Å². The molecule has 28 heavy (non-hydrogen) atoms. The molecular weight excluding hydrogens is 361 g/mol. The number of rotatable bonds is 6. The zero-order valence-electron chi connectivity index (χ0n) is 16.1. The van der Waals surface area contributed by atoms with Crippen LogP contribution in [0.15, 0.2) is 35.1 Å². The van der Waals surface area contributed by atoms with Crippen molar-refractivity contribution in [3.05, 3.63) is 63.6 Å². The van der Waals surface area contributed by atoms with Gasteiger partial charge in [0.2, 0.25) is 0 Å². The number of aromatic nitrogens is 2. The van der Waals surface area contributed by atoms with Gasteiger partial charge in [-0.1, -0.05) is 25.1 Å². The smallest absolute Gasteiger partial charge is 0.326 e. The molecule has 1 aromatic heterocycles. The van der Waals surface area contributed by atoms with Crippen LogP contribution < -0.4 is 10.9 Å². The Morgan fingerprint density at radius 2 is 2.11 bits per heavy atom. The number of aryl methyl sites for hydroxylation is 1. The van der Waals surface area contributed by atoms with Gasteiger partial charge in [0, 0.05) is 0 Å². The standard InChI is InChI=1S/C21H24FN3O3/c1-3-5-6-18-23-17-12-11-16(14-7-9-15(22)10-8-14)24-20(17)21(27)25(18)13-19(26)28-4-2/h5-10,16,24H,3-4,11-13H2,1-2H3/b6-5+/t16-/m0/s1. The summed E-state index contributed by atoms with van der Waals surface area (Å²) in [5.41, 5.74) is 1.66. The fraction of sp³-hybridized carbons (Fsp3) is 0.381. The molecule has 7 heteroatoms. The third-order valence-corrected chi connectivity index (χ3v) is 4.63. The fourth-order valence-corrected chi connectivity index (χ4v) is 3.25. The van der Waals surface area contributed by atoms with Crippen LogP contribution in [0.1, 0.15) is 49.8 Å². The molecule has 0 spiro atoms. The predicted octanol–water partition coefficient (Wildman–Crippen LogP) is 3.47. The van der Waals surface area contributed by atoms with Gasteiger partial charge >= 0.3 is 5.97 Å². The summed E-state index contributed by atoms with van der Waals surface area (Å²) >= 11 is 0. The maximum absolute atomic E-state index is 13.2. The maximum Gasteiger partial charge on any atom is 0.326 e. The highest BCUT2D eigenvalue weighted by molar-refractivity contribution is 5.70. The van der Waals surface area contributed by atoms with Crippen LogP contribution in [0.4, 0.5) is 10.1 Å². The van der Waals surface area contributed by atoms with Gasteiger partial charge in [0.15, 0.2) is 0 Å². The first kappa shape index (κ1) is 19.8. The monoisotopic (exact) mass is 385 g/mol. The van der Waals surface area contributed by atoms with Gasteiger partial charge in [-0.25, -0.2) is 9.37 Å². The van der Waals surface area contributed by atoms with Crippen LogP contribution in [-0.4, -0.2) is 22.1 Å². The summed E-state index contributed by atoms with van der Waals surface area (Å²) in [5.74, 6) is -0.338. The molecule has 1 N–H and O–H groups in total. The summed E-state index contributed by atoms with van der Waals surface area (Å²) in [7, 11) is 0. The van der Waals surface area contributed by atoms with Crippen LogP contribution in [0, 0.1) is 5.82 Å². The van der Waals surface area contributed by atoms with Crippen molar-refractivity contribution in [2.45, 2.75) is 45.7 Å². The van der Waals surface area contributed by atoms with Gasteiger partial charge in [-0.3, -0.25) is 14.2 Å². The highest BCUT2D eigenvalue weighted by atomic mass is 19.1. The van der Waals surface area contributed by atoms with Crippen LogP contribution in [0.3, 0.4) is 0 Å². The molecule has 0 aliphatic carbocycles. The van der Waals surface area contributed by atoms with E-state index < -0.39 is 5.97 Å². The summed E-state index contributed by atoms with van der Waals surface area (Å²) in [5, 5.41) is 3.24. The minimum Gasteiger partial charge on any atom is -0.465 e. The van der Waals surface area contributed by atoms with Gasteiger partial charge in [-0.05, 0) is 50.0 Å². The molecule has 148 valence electrons. The SMILES string of the molecule is CC/C=C/c1nc2c(c(=O)n1CC(=O)OCC)N[C@H](c1ccc(F)cc1)CC2. The van der Waals surface area contributed by atoms with Crippen LogP contribution >= 0.6 is 0 Å². The second kappa shape index (κ2) is 8.82. The van der Waals surface area contributed by atoms with E-state index in [9.17, 15) is 14.0 Å². The number of fused-ring (bicyclic) bond motifs is 1. The number of esters is 1. The Kier molecular flexibility index (Phi) is 6.23. The molecular formula is C21H24FN3O3. The summed E-state index contributed by atoms with van der Waals surface area (Å²) in [6, 6.07) is 6.11. The number of hydrogen-bond donors (Lipinski definition) is 1. The van der Waals surface area contributed by atoms with Gasteiger partial charge in [-0.15, -0.1) is 0 Å². The Balaban J connectivity index is 1.98. The van der Waals surface area contributed by atoms with E-state index in [0.717, 1.165) is 18.4 Å². The molecule has 2 heterocycles. The minimum atomic E-state index is -0.483. The predicted molar refractivity (Wildman–Crippen MR) is 106 cm³/mol. The molecule has 0 amide bonds. The third kappa shape index (κ3) is 4.30. The lowest BCUT2D eigenvalue weighted by atomic mass is 9.96. The van der Waals surface area contributed by atoms with Crippen LogP contribution in [0.5, 0.6) is 0 Å². The molecule has 1 aliphatic heterocycles. The number of carbonyl (C=O) groups excluding carboxylic acids is 1. The zero-order chi connectivity index (χ0) is 20.1. The lowest BCUT2D eigenvalue weighted by Gasteiger charge is -2.27. The molecule has 6 nitrogen and oxygen atoms in total. The summed E-state index contributed by atoms with van der Waals surface area (Å²) in [6.45, 7) is 3.76. The van der Waals surface area contributed by atoms with E-state index in [0.29, 0.717) is 23.6 Å². The molecule has 0 saturated heterocycles. The van der Waals surface area contributed by atoms with E-state index in [1.807, 2.05) is 13.0 Å². The van der Waals surface area contributed by atoms with Crippen LogP contribution in [-0.2, 0) is 22.5 Å². The van der Waals surface area contributed by atoms with Gasteiger partial charge in [0.05, 0.1) is 18.3 Å².